The minimum absolute atomic E-state index is 0.00659. The molecule has 3 saturated carbocycles. The van der Waals surface area contributed by atoms with E-state index in [2.05, 4.69) is 15.7 Å². The molecule has 7 nitrogen and oxygen atoms in total. The molecule has 28 heavy (non-hydrogen) atoms. The van der Waals surface area contributed by atoms with Crippen LogP contribution in [0.5, 0.6) is 5.75 Å². The lowest BCUT2D eigenvalue weighted by atomic mass is 9.44. The molecule has 2 aromatic rings. The van der Waals surface area contributed by atoms with E-state index in [9.17, 15) is 14.3 Å². The standard InChI is InChI=1S/C19H22ClFN4O3/c1-2-25-6-5-15(24-25)17(27)23-19-9-18(10-19,11-19)22-16(26)8-28-12-3-4-13(20)14(21)7-12/h3-7,17,23,27H,2,8-11H2,1H3,(H,22,26). The van der Waals surface area contributed by atoms with Gasteiger partial charge in [-0.3, -0.25) is 14.8 Å². The maximum absolute atomic E-state index is 13.4. The molecule has 3 fully saturated rings. The van der Waals surface area contributed by atoms with Crippen LogP contribution in [0.4, 0.5) is 4.39 Å². The molecule has 3 N–H and O–H groups in total. The molecule has 1 unspecified atom stereocenters. The summed E-state index contributed by atoms with van der Waals surface area (Å²) < 4.78 is 20.5. The van der Waals surface area contributed by atoms with Gasteiger partial charge in [-0.2, -0.15) is 5.10 Å². The third kappa shape index (κ3) is 3.59. The Labute approximate surface area is 166 Å². The second kappa shape index (κ2) is 7.02. The molecular formula is C19H22ClFN4O3. The van der Waals surface area contributed by atoms with E-state index < -0.39 is 12.0 Å². The first-order valence-electron chi connectivity index (χ1n) is 9.20. The summed E-state index contributed by atoms with van der Waals surface area (Å²) in [4.78, 5) is 12.1. The third-order valence-electron chi connectivity index (χ3n) is 5.40. The second-order valence-electron chi connectivity index (χ2n) is 7.65. The van der Waals surface area contributed by atoms with Crippen molar-refractivity contribution in [3.63, 3.8) is 0 Å². The molecule has 1 heterocycles. The minimum Gasteiger partial charge on any atom is -0.484 e. The number of aromatic nitrogens is 2. The Kier molecular flexibility index (Phi) is 4.81. The van der Waals surface area contributed by atoms with Gasteiger partial charge in [0.2, 0.25) is 0 Å². The van der Waals surface area contributed by atoms with Gasteiger partial charge >= 0.3 is 0 Å². The first-order chi connectivity index (χ1) is 13.3. The zero-order chi connectivity index (χ0) is 19.9. The van der Waals surface area contributed by atoms with Crippen LogP contribution in [0.15, 0.2) is 30.5 Å². The summed E-state index contributed by atoms with van der Waals surface area (Å²) in [7, 11) is 0. The molecule has 0 saturated heterocycles. The largest absolute Gasteiger partial charge is 0.484 e. The Morgan fingerprint density at radius 1 is 1.39 bits per heavy atom. The number of aliphatic hydroxyl groups excluding tert-OH is 1. The van der Waals surface area contributed by atoms with Crippen molar-refractivity contribution in [2.45, 2.75) is 50.0 Å². The van der Waals surface area contributed by atoms with Crippen LogP contribution < -0.4 is 15.4 Å². The number of nitrogens with one attached hydrogen (secondary N) is 2. The second-order valence-corrected chi connectivity index (χ2v) is 8.05. The molecule has 1 aromatic carbocycles. The molecule has 9 heteroatoms. The molecule has 0 radical (unpaired) electrons. The van der Waals surface area contributed by atoms with E-state index in [4.69, 9.17) is 16.3 Å². The molecule has 0 spiro atoms. The van der Waals surface area contributed by atoms with Crippen LogP contribution in [0.2, 0.25) is 5.02 Å². The maximum atomic E-state index is 13.4. The summed E-state index contributed by atoms with van der Waals surface area (Å²) in [5.41, 5.74) is 0.178. The number of halogens is 2. The van der Waals surface area contributed by atoms with Gasteiger partial charge in [0.05, 0.1) is 5.02 Å². The highest BCUT2D eigenvalue weighted by atomic mass is 35.5. The molecule has 1 amide bonds. The van der Waals surface area contributed by atoms with Gasteiger partial charge in [-0.15, -0.1) is 0 Å². The first kappa shape index (κ1) is 19.2. The van der Waals surface area contributed by atoms with Gasteiger partial charge < -0.3 is 15.2 Å². The fourth-order valence-electron chi connectivity index (χ4n) is 4.18. The lowest BCUT2D eigenvalue weighted by Crippen LogP contribution is -2.83. The molecule has 150 valence electrons. The van der Waals surface area contributed by atoms with Gasteiger partial charge in [-0.25, -0.2) is 4.39 Å². The van der Waals surface area contributed by atoms with Crippen molar-refractivity contribution in [2.75, 3.05) is 6.61 Å². The van der Waals surface area contributed by atoms with E-state index >= 15 is 0 Å². The summed E-state index contributed by atoms with van der Waals surface area (Å²) in [6.07, 6.45) is 3.23. The lowest BCUT2D eigenvalue weighted by Gasteiger charge is -2.71. The number of carbonyl (C=O) groups excluding carboxylic acids is 1. The Morgan fingerprint density at radius 2 is 2.14 bits per heavy atom. The number of aliphatic hydroxyl groups is 1. The zero-order valence-electron chi connectivity index (χ0n) is 15.4. The predicted octanol–water partition coefficient (Wildman–Crippen LogP) is 2.15. The van der Waals surface area contributed by atoms with E-state index in [0.717, 1.165) is 31.9 Å². The number of carbonyl (C=O) groups is 1. The first-order valence-corrected chi connectivity index (χ1v) is 9.58. The molecule has 3 aliphatic rings. The number of ether oxygens (including phenoxy) is 1. The van der Waals surface area contributed by atoms with Gasteiger partial charge in [-0.1, -0.05) is 11.6 Å². The van der Waals surface area contributed by atoms with Crippen LogP contribution >= 0.6 is 11.6 Å². The van der Waals surface area contributed by atoms with Crippen molar-refractivity contribution in [1.82, 2.24) is 20.4 Å². The van der Waals surface area contributed by atoms with Crippen molar-refractivity contribution < 1.29 is 19.0 Å². The maximum Gasteiger partial charge on any atom is 0.258 e. The fourth-order valence-corrected chi connectivity index (χ4v) is 4.30. The number of amides is 1. The van der Waals surface area contributed by atoms with Crippen molar-refractivity contribution in [2.24, 2.45) is 0 Å². The third-order valence-corrected chi connectivity index (χ3v) is 5.71. The number of nitrogens with zero attached hydrogens (tertiary/aromatic N) is 2. The van der Waals surface area contributed by atoms with E-state index in [-0.39, 0.29) is 34.4 Å². The Bertz CT molecular complexity index is 883. The molecule has 1 aromatic heterocycles. The fraction of sp³-hybridized carbons (Fsp3) is 0.474. The van der Waals surface area contributed by atoms with Gasteiger partial charge in [0.25, 0.3) is 5.91 Å². The summed E-state index contributed by atoms with van der Waals surface area (Å²) in [5, 5.41) is 20.9. The molecule has 2 bridgehead atoms. The van der Waals surface area contributed by atoms with Gasteiger partial charge in [0, 0.05) is 29.9 Å². The molecular weight excluding hydrogens is 387 g/mol. The summed E-state index contributed by atoms with van der Waals surface area (Å²) in [6, 6.07) is 5.84. The van der Waals surface area contributed by atoms with E-state index in [1.54, 1.807) is 10.7 Å². The van der Waals surface area contributed by atoms with Gasteiger partial charge in [0.15, 0.2) is 6.61 Å². The highest BCUT2D eigenvalue weighted by molar-refractivity contribution is 6.30. The van der Waals surface area contributed by atoms with E-state index in [1.165, 1.54) is 12.1 Å². The van der Waals surface area contributed by atoms with Crippen LogP contribution in [0, 0.1) is 5.82 Å². The van der Waals surface area contributed by atoms with E-state index in [0.29, 0.717) is 5.69 Å². The zero-order valence-corrected chi connectivity index (χ0v) is 16.2. The van der Waals surface area contributed by atoms with Crippen molar-refractivity contribution in [1.29, 1.82) is 0 Å². The minimum atomic E-state index is -0.829. The highest BCUT2D eigenvalue weighted by Gasteiger charge is 2.69. The van der Waals surface area contributed by atoms with E-state index in [1.807, 2.05) is 13.1 Å². The summed E-state index contributed by atoms with van der Waals surface area (Å²) >= 11 is 5.62. The molecule has 0 aliphatic heterocycles. The molecule has 1 atom stereocenters. The summed E-state index contributed by atoms with van der Waals surface area (Å²) in [6.45, 7) is 2.54. The Hall–Kier alpha value is -2.16. The Morgan fingerprint density at radius 3 is 2.79 bits per heavy atom. The normalized spacial score (nSPS) is 26.1. The van der Waals surface area contributed by atoms with Crippen LogP contribution in [0.25, 0.3) is 0 Å². The predicted molar refractivity (Wildman–Crippen MR) is 100 cm³/mol. The number of rotatable bonds is 8. The smallest absolute Gasteiger partial charge is 0.258 e. The number of hydrogen-bond acceptors (Lipinski definition) is 5. The lowest BCUT2D eigenvalue weighted by molar-refractivity contribution is -0.151. The van der Waals surface area contributed by atoms with Crippen LogP contribution in [0.1, 0.15) is 38.1 Å². The topological polar surface area (TPSA) is 88.4 Å². The van der Waals surface area contributed by atoms with Gasteiger partial charge in [0.1, 0.15) is 23.5 Å². The average molecular weight is 409 g/mol. The van der Waals surface area contributed by atoms with Crippen molar-refractivity contribution >= 4 is 17.5 Å². The molecule has 5 rings (SSSR count). The number of aryl methyl sites for hydroxylation is 1. The number of benzene rings is 1. The average Bonchev–Trinajstić information content (AvgIpc) is 3.09. The van der Waals surface area contributed by atoms with Crippen LogP contribution in [-0.4, -0.2) is 38.5 Å². The molecule has 3 aliphatic carbocycles. The SMILES string of the molecule is CCn1ccc(C(O)NC23CC(NC(=O)COc4ccc(Cl)c(F)c4)(C2)C3)n1. The summed E-state index contributed by atoms with van der Waals surface area (Å²) in [5.74, 6) is -0.595. The monoisotopic (exact) mass is 408 g/mol. The van der Waals surface area contributed by atoms with Crippen molar-refractivity contribution in [3.8, 4) is 5.75 Å². The Balaban J connectivity index is 1.23. The highest BCUT2D eigenvalue weighted by Crippen LogP contribution is 2.60. The van der Waals surface area contributed by atoms with Gasteiger partial charge in [-0.05, 0) is 44.4 Å². The van der Waals surface area contributed by atoms with Crippen LogP contribution in [0.3, 0.4) is 0 Å². The number of hydrogen-bond donors (Lipinski definition) is 3. The van der Waals surface area contributed by atoms with Crippen LogP contribution in [-0.2, 0) is 11.3 Å². The van der Waals surface area contributed by atoms with Crippen molar-refractivity contribution in [3.05, 3.63) is 47.0 Å². The quantitative estimate of drug-likeness (QED) is 0.582.